The quantitative estimate of drug-likeness (QED) is 0.780. The molecule has 0 aromatic heterocycles. The van der Waals surface area contributed by atoms with Gasteiger partial charge >= 0.3 is 0 Å². The first-order valence-corrected chi connectivity index (χ1v) is 6.32. The van der Waals surface area contributed by atoms with Gasteiger partial charge in [-0.05, 0) is 40.2 Å². The van der Waals surface area contributed by atoms with E-state index in [1.165, 1.54) is 0 Å². The molecular weight excluding hydrogens is 210 g/mol. The summed E-state index contributed by atoms with van der Waals surface area (Å²) < 4.78 is 0. The van der Waals surface area contributed by atoms with Gasteiger partial charge < -0.3 is 4.90 Å². The van der Waals surface area contributed by atoms with E-state index in [0.717, 1.165) is 5.56 Å². The van der Waals surface area contributed by atoms with Crippen LogP contribution in [0.1, 0.15) is 46.1 Å². The molecule has 0 aliphatic rings. The molecule has 0 aliphatic carbocycles. The first kappa shape index (κ1) is 13.8. The molecule has 1 aromatic rings. The summed E-state index contributed by atoms with van der Waals surface area (Å²) in [6.45, 7) is 10.2. The Morgan fingerprint density at radius 2 is 1.41 bits per heavy atom. The van der Waals surface area contributed by atoms with Crippen LogP contribution in [-0.2, 0) is 4.79 Å². The number of carbonyl (C=O) groups excluding carboxylic acids is 1. The lowest BCUT2D eigenvalue weighted by molar-refractivity contribution is -0.136. The fourth-order valence-corrected chi connectivity index (χ4v) is 2.21. The van der Waals surface area contributed by atoms with Crippen molar-refractivity contribution in [2.75, 3.05) is 0 Å². The minimum absolute atomic E-state index is 0.0685. The van der Waals surface area contributed by atoms with E-state index in [-0.39, 0.29) is 23.9 Å². The van der Waals surface area contributed by atoms with Gasteiger partial charge in [-0.1, -0.05) is 30.3 Å². The van der Waals surface area contributed by atoms with Gasteiger partial charge in [0.1, 0.15) is 0 Å². The summed E-state index contributed by atoms with van der Waals surface area (Å²) in [7, 11) is 0. The van der Waals surface area contributed by atoms with Gasteiger partial charge in [-0.25, -0.2) is 0 Å². The molecule has 0 N–H and O–H groups in total. The van der Waals surface area contributed by atoms with E-state index < -0.39 is 0 Å². The largest absolute Gasteiger partial charge is 0.337 e. The predicted octanol–water partition coefficient (Wildman–Crippen LogP) is 3.44. The molecule has 0 saturated heterocycles. The minimum atomic E-state index is -0.0685. The number of nitrogens with zero attached hydrogens (tertiary/aromatic N) is 1. The van der Waals surface area contributed by atoms with Crippen LogP contribution in [0, 0.1) is 0 Å². The van der Waals surface area contributed by atoms with Gasteiger partial charge in [0.15, 0.2) is 0 Å². The Morgan fingerprint density at radius 1 is 0.941 bits per heavy atom. The van der Waals surface area contributed by atoms with Crippen molar-refractivity contribution in [3.8, 4) is 0 Å². The van der Waals surface area contributed by atoms with Gasteiger partial charge in [-0.2, -0.15) is 0 Å². The van der Waals surface area contributed by atoms with Crippen LogP contribution in [0.3, 0.4) is 0 Å². The van der Waals surface area contributed by atoms with E-state index >= 15 is 0 Å². The lowest BCUT2D eigenvalue weighted by atomic mass is 9.98. The maximum absolute atomic E-state index is 12.5. The van der Waals surface area contributed by atoms with Crippen molar-refractivity contribution in [2.24, 2.45) is 0 Å². The molecule has 1 atom stereocenters. The van der Waals surface area contributed by atoms with E-state index in [2.05, 4.69) is 27.7 Å². The molecule has 0 unspecified atom stereocenters. The Kier molecular flexibility index (Phi) is 4.73. The highest BCUT2D eigenvalue weighted by Gasteiger charge is 2.25. The topological polar surface area (TPSA) is 20.3 Å². The summed E-state index contributed by atoms with van der Waals surface area (Å²) >= 11 is 0. The number of hydrogen-bond acceptors (Lipinski definition) is 1. The second-order valence-corrected chi connectivity index (χ2v) is 5.07. The van der Waals surface area contributed by atoms with Crippen molar-refractivity contribution in [1.82, 2.24) is 4.90 Å². The van der Waals surface area contributed by atoms with Crippen molar-refractivity contribution < 1.29 is 4.79 Å². The second kappa shape index (κ2) is 5.85. The Hall–Kier alpha value is -1.31. The molecule has 17 heavy (non-hydrogen) atoms. The van der Waals surface area contributed by atoms with Crippen molar-refractivity contribution in [3.05, 3.63) is 35.9 Å². The highest BCUT2D eigenvalue weighted by atomic mass is 16.2. The highest BCUT2D eigenvalue weighted by molar-refractivity contribution is 5.83. The minimum Gasteiger partial charge on any atom is -0.337 e. The van der Waals surface area contributed by atoms with Crippen molar-refractivity contribution >= 4 is 5.91 Å². The molecule has 2 nitrogen and oxygen atoms in total. The Bertz CT molecular complexity index is 348. The third-order valence-electron chi connectivity index (χ3n) is 3.04. The average Bonchev–Trinajstić information content (AvgIpc) is 2.28. The van der Waals surface area contributed by atoms with Crippen LogP contribution < -0.4 is 0 Å². The molecule has 0 saturated carbocycles. The van der Waals surface area contributed by atoms with Crippen LogP contribution in [-0.4, -0.2) is 22.9 Å². The second-order valence-electron chi connectivity index (χ2n) is 5.07. The standard InChI is InChI=1S/C15H23NO/c1-11(2)16(12(3)4)15(17)13(5)14-9-7-6-8-10-14/h6-13H,1-5H3/t13-/m1/s1. The third-order valence-corrected chi connectivity index (χ3v) is 3.04. The van der Waals surface area contributed by atoms with Crippen LogP contribution in [0.2, 0.25) is 0 Å². The average molecular weight is 233 g/mol. The SMILES string of the molecule is CC(C)N(C(=O)[C@H](C)c1ccccc1)C(C)C. The van der Waals surface area contributed by atoms with Gasteiger partial charge in [-0.3, -0.25) is 4.79 Å². The van der Waals surface area contributed by atoms with Gasteiger partial charge in [0, 0.05) is 12.1 Å². The summed E-state index contributed by atoms with van der Waals surface area (Å²) in [5.74, 6) is 0.141. The zero-order valence-electron chi connectivity index (χ0n) is 11.5. The zero-order chi connectivity index (χ0) is 13.0. The van der Waals surface area contributed by atoms with Crippen molar-refractivity contribution in [2.45, 2.75) is 52.6 Å². The fraction of sp³-hybridized carbons (Fsp3) is 0.533. The monoisotopic (exact) mass is 233 g/mol. The highest BCUT2D eigenvalue weighted by Crippen LogP contribution is 2.20. The number of hydrogen-bond donors (Lipinski definition) is 0. The number of carbonyl (C=O) groups is 1. The van der Waals surface area contributed by atoms with E-state index in [9.17, 15) is 4.79 Å². The first-order chi connectivity index (χ1) is 7.95. The molecule has 1 rings (SSSR count). The molecule has 1 amide bonds. The summed E-state index contributed by atoms with van der Waals surface area (Å²) in [5.41, 5.74) is 1.09. The molecular formula is C15H23NO. The molecule has 1 aromatic carbocycles. The molecule has 0 radical (unpaired) electrons. The maximum atomic E-state index is 12.5. The molecule has 0 heterocycles. The summed E-state index contributed by atoms with van der Waals surface area (Å²) in [4.78, 5) is 14.4. The number of rotatable bonds is 4. The van der Waals surface area contributed by atoms with Crippen LogP contribution in [0.15, 0.2) is 30.3 Å². The molecule has 0 spiro atoms. The van der Waals surface area contributed by atoms with Crippen molar-refractivity contribution in [1.29, 1.82) is 0 Å². The molecule has 0 aliphatic heterocycles. The lowest BCUT2D eigenvalue weighted by Crippen LogP contribution is -2.44. The normalized spacial score (nSPS) is 12.9. The number of amides is 1. The Labute approximate surface area is 105 Å². The first-order valence-electron chi connectivity index (χ1n) is 6.32. The summed E-state index contributed by atoms with van der Waals surface area (Å²) in [5, 5.41) is 0. The van der Waals surface area contributed by atoms with Crippen LogP contribution in [0.4, 0.5) is 0 Å². The predicted molar refractivity (Wildman–Crippen MR) is 72.0 cm³/mol. The van der Waals surface area contributed by atoms with Crippen LogP contribution in [0.5, 0.6) is 0 Å². The maximum Gasteiger partial charge on any atom is 0.230 e. The van der Waals surface area contributed by atoms with Crippen LogP contribution >= 0.6 is 0 Å². The Balaban J connectivity index is 2.89. The molecule has 0 bridgehead atoms. The third kappa shape index (κ3) is 3.32. The smallest absolute Gasteiger partial charge is 0.230 e. The molecule has 94 valence electrons. The van der Waals surface area contributed by atoms with Gasteiger partial charge in [0.2, 0.25) is 5.91 Å². The number of benzene rings is 1. The lowest BCUT2D eigenvalue weighted by Gasteiger charge is -2.33. The van der Waals surface area contributed by atoms with Gasteiger partial charge in [0.05, 0.1) is 5.92 Å². The molecule has 0 fully saturated rings. The van der Waals surface area contributed by atoms with E-state index in [1.54, 1.807) is 0 Å². The summed E-state index contributed by atoms with van der Waals surface area (Å²) in [6.07, 6.45) is 0. The van der Waals surface area contributed by atoms with Gasteiger partial charge in [-0.15, -0.1) is 0 Å². The fourth-order valence-electron chi connectivity index (χ4n) is 2.21. The van der Waals surface area contributed by atoms with E-state index in [1.807, 2.05) is 42.2 Å². The molecule has 2 heteroatoms. The Morgan fingerprint density at radius 3 is 1.82 bits per heavy atom. The van der Waals surface area contributed by atoms with Crippen molar-refractivity contribution in [3.63, 3.8) is 0 Å². The zero-order valence-corrected chi connectivity index (χ0v) is 11.5. The van der Waals surface area contributed by atoms with Gasteiger partial charge in [0.25, 0.3) is 0 Å². The van der Waals surface area contributed by atoms with E-state index in [0.29, 0.717) is 0 Å². The van der Waals surface area contributed by atoms with Crippen LogP contribution in [0.25, 0.3) is 0 Å². The summed E-state index contributed by atoms with van der Waals surface area (Å²) in [6, 6.07) is 10.5. The van der Waals surface area contributed by atoms with E-state index in [4.69, 9.17) is 0 Å².